The van der Waals surface area contributed by atoms with E-state index in [4.69, 9.17) is 24.6 Å². The van der Waals surface area contributed by atoms with Crippen LogP contribution in [0.25, 0.3) is 10.9 Å². The van der Waals surface area contributed by atoms with Gasteiger partial charge in [0.2, 0.25) is 0 Å². The molecular formula is C11H9ClF3NO3S. The molecule has 0 spiro atoms. The van der Waals surface area contributed by atoms with Gasteiger partial charge in [0.1, 0.15) is 0 Å². The predicted molar refractivity (Wildman–Crippen MR) is 68.9 cm³/mol. The number of hydrogen-bond donors (Lipinski definition) is 1. The molecule has 0 bridgehead atoms. The molecule has 1 N–H and O–H groups in total. The lowest BCUT2D eigenvalue weighted by molar-refractivity contribution is -0.0510. The molecule has 0 amide bonds. The number of pyridine rings is 1. The Bertz CT molecular complexity index is 689. The zero-order valence-corrected chi connectivity index (χ0v) is 11.4. The van der Waals surface area contributed by atoms with Crippen LogP contribution >= 0.6 is 11.6 Å². The summed E-state index contributed by atoms with van der Waals surface area (Å²) >= 11 is 5.66. The third-order valence-corrected chi connectivity index (χ3v) is 2.94. The smallest absolute Gasteiger partial charge is 0.279 e. The summed E-state index contributed by atoms with van der Waals surface area (Å²) in [6.45, 7) is 0. The number of fused-ring (bicyclic) bond motifs is 1. The number of rotatable bonds is 1. The second-order valence-corrected chi connectivity index (χ2v) is 5.23. The summed E-state index contributed by atoms with van der Waals surface area (Å²) < 4.78 is 57.5. The number of benzene rings is 1. The summed E-state index contributed by atoms with van der Waals surface area (Å²) in [6, 6.07) is 12.0. The van der Waals surface area contributed by atoms with Crippen LogP contribution in [0.15, 0.2) is 36.4 Å². The van der Waals surface area contributed by atoms with Gasteiger partial charge in [0.05, 0.1) is 17.1 Å². The van der Waals surface area contributed by atoms with Crippen LogP contribution in [0, 0.1) is 0 Å². The van der Waals surface area contributed by atoms with E-state index in [0.29, 0.717) is 5.88 Å². The van der Waals surface area contributed by atoms with Crippen molar-refractivity contribution in [2.45, 2.75) is 11.4 Å². The lowest BCUT2D eigenvalue weighted by atomic mass is 10.2. The maximum Gasteiger partial charge on any atom is 0.522 e. The number of para-hydroxylation sites is 1. The first kappa shape index (κ1) is 16.7. The summed E-state index contributed by atoms with van der Waals surface area (Å²) in [7, 11) is -5.84. The van der Waals surface area contributed by atoms with Gasteiger partial charge in [0, 0.05) is 5.39 Å². The van der Waals surface area contributed by atoms with Gasteiger partial charge in [-0.25, -0.2) is 0 Å². The number of halogens is 4. The molecule has 0 aliphatic heterocycles. The minimum absolute atomic E-state index is 0.477. The minimum atomic E-state index is -5.84. The summed E-state index contributed by atoms with van der Waals surface area (Å²) in [6.07, 6.45) is 0. The number of nitrogens with zero attached hydrogens (tertiary/aromatic N) is 1. The molecule has 2 aromatic rings. The average Bonchev–Trinajstić information content (AvgIpc) is 2.36. The Balaban J connectivity index is 0.000000221. The molecule has 0 aliphatic rings. The van der Waals surface area contributed by atoms with Crippen molar-refractivity contribution in [3.63, 3.8) is 0 Å². The van der Waals surface area contributed by atoms with Gasteiger partial charge in [0.25, 0.3) is 0 Å². The normalized spacial score (nSPS) is 11.8. The minimum Gasteiger partial charge on any atom is -0.279 e. The van der Waals surface area contributed by atoms with Crippen LogP contribution in [0.5, 0.6) is 0 Å². The Morgan fingerprint density at radius 1 is 1.15 bits per heavy atom. The van der Waals surface area contributed by atoms with E-state index in [9.17, 15) is 13.2 Å². The van der Waals surface area contributed by atoms with Gasteiger partial charge in [-0.15, -0.1) is 11.6 Å². The molecule has 0 aliphatic carbocycles. The maximum absolute atomic E-state index is 10.7. The van der Waals surface area contributed by atoms with E-state index in [2.05, 4.69) is 4.98 Å². The molecule has 4 nitrogen and oxygen atoms in total. The fourth-order valence-corrected chi connectivity index (χ4v) is 1.33. The van der Waals surface area contributed by atoms with Crippen molar-refractivity contribution in [3.05, 3.63) is 42.1 Å². The summed E-state index contributed by atoms with van der Waals surface area (Å²) in [5, 5.41) is 1.16. The van der Waals surface area contributed by atoms with E-state index in [1.165, 1.54) is 0 Å². The SMILES string of the molecule is ClCc1ccc2ccccc2n1.O=S(=O)(O)C(F)(F)F. The Morgan fingerprint density at radius 2 is 1.70 bits per heavy atom. The highest BCUT2D eigenvalue weighted by Gasteiger charge is 2.44. The molecule has 0 saturated heterocycles. The Hall–Kier alpha value is -1.38. The van der Waals surface area contributed by atoms with Gasteiger partial charge < -0.3 is 0 Å². The van der Waals surface area contributed by atoms with Crippen LogP contribution in [0.3, 0.4) is 0 Å². The van der Waals surface area contributed by atoms with Crippen LogP contribution in [-0.2, 0) is 16.0 Å². The fourth-order valence-electron chi connectivity index (χ4n) is 1.18. The summed E-state index contributed by atoms with van der Waals surface area (Å²) in [5.41, 5.74) is -3.60. The highest BCUT2D eigenvalue weighted by atomic mass is 35.5. The van der Waals surface area contributed by atoms with Crippen LogP contribution < -0.4 is 0 Å². The van der Waals surface area contributed by atoms with Crippen molar-refractivity contribution >= 4 is 32.6 Å². The third kappa shape index (κ3) is 4.62. The van der Waals surface area contributed by atoms with Crippen LogP contribution in [0.1, 0.15) is 5.69 Å². The highest BCUT2D eigenvalue weighted by Crippen LogP contribution is 2.20. The lowest BCUT2D eigenvalue weighted by Gasteiger charge is -1.97. The van der Waals surface area contributed by atoms with Gasteiger partial charge in [0.15, 0.2) is 0 Å². The monoisotopic (exact) mass is 327 g/mol. The zero-order valence-electron chi connectivity index (χ0n) is 9.80. The second-order valence-electron chi connectivity index (χ2n) is 3.55. The topological polar surface area (TPSA) is 67.3 Å². The van der Waals surface area contributed by atoms with Crippen LogP contribution in [0.2, 0.25) is 0 Å². The van der Waals surface area contributed by atoms with Crippen molar-refractivity contribution in [2.75, 3.05) is 0 Å². The van der Waals surface area contributed by atoms with Gasteiger partial charge in [-0.2, -0.15) is 21.6 Å². The fraction of sp³-hybridized carbons (Fsp3) is 0.182. The van der Waals surface area contributed by atoms with Crippen molar-refractivity contribution in [2.24, 2.45) is 0 Å². The first-order valence-electron chi connectivity index (χ1n) is 5.09. The van der Waals surface area contributed by atoms with Crippen molar-refractivity contribution < 1.29 is 26.1 Å². The Morgan fingerprint density at radius 3 is 2.20 bits per heavy atom. The quantitative estimate of drug-likeness (QED) is 0.495. The van der Waals surface area contributed by atoms with Gasteiger partial charge in [-0.3, -0.25) is 9.54 Å². The largest absolute Gasteiger partial charge is 0.522 e. The Labute approximate surface area is 117 Å². The zero-order chi connectivity index (χ0) is 15.4. The number of alkyl halides is 4. The molecule has 1 aromatic heterocycles. The van der Waals surface area contributed by atoms with Crippen molar-refractivity contribution in [3.8, 4) is 0 Å². The molecule has 1 aromatic carbocycles. The Kier molecular flexibility index (Phi) is 5.32. The molecular weight excluding hydrogens is 319 g/mol. The molecule has 0 saturated carbocycles. The average molecular weight is 328 g/mol. The molecule has 110 valence electrons. The first-order valence-corrected chi connectivity index (χ1v) is 7.07. The van der Waals surface area contributed by atoms with Crippen molar-refractivity contribution in [1.29, 1.82) is 0 Å². The first-order chi connectivity index (χ1) is 9.15. The van der Waals surface area contributed by atoms with Crippen LogP contribution in [-0.4, -0.2) is 23.5 Å². The standard InChI is InChI=1S/C10H8ClN.CHF3O3S/c11-7-9-6-5-8-3-1-2-4-10(8)12-9;2-1(3,4)8(5,6)7/h1-6H,7H2;(H,5,6,7). The molecule has 0 radical (unpaired) electrons. The molecule has 1 heterocycles. The number of hydrogen-bond acceptors (Lipinski definition) is 3. The third-order valence-electron chi connectivity index (χ3n) is 2.09. The molecule has 9 heteroatoms. The molecule has 20 heavy (non-hydrogen) atoms. The second kappa shape index (κ2) is 6.38. The number of aromatic nitrogens is 1. The van der Waals surface area contributed by atoms with E-state index < -0.39 is 15.6 Å². The van der Waals surface area contributed by atoms with E-state index in [1.54, 1.807) is 0 Å². The lowest BCUT2D eigenvalue weighted by Crippen LogP contribution is -2.21. The van der Waals surface area contributed by atoms with Gasteiger partial charge in [-0.1, -0.05) is 24.3 Å². The molecule has 0 unspecified atom stereocenters. The molecule has 0 atom stereocenters. The summed E-state index contributed by atoms with van der Waals surface area (Å²) in [4.78, 5) is 4.36. The van der Waals surface area contributed by atoms with E-state index in [0.717, 1.165) is 16.6 Å². The van der Waals surface area contributed by atoms with Crippen LogP contribution in [0.4, 0.5) is 13.2 Å². The van der Waals surface area contributed by atoms with Crippen molar-refractivity contribution in [1.82, 2.24) is 4.98 Å². The van der Waals surface area contributed by atoms with Gasteiger partial charge >= 0.3 is 15.6 Å². The summed E-state index contributed by atoms with van der Waals surface area (Å²) in [5.74, 6) is 0.477. The highest BCUT2D eigenvalue weighted by molar-refractivity contribution is 7.86. The van der Waals surface area contributed by atoms with Gasteiger partial charge in [-0.05, 0) is 12.1 Å². The van der Waals surface area contributed by atoms with E-state index in [-0.39, 0.29) is 0 Å². The molecule has 2 rings (SSSR count). The molecule has 0 fully saturated rings. The van der Waals surface area contributed by atoms with E-state index >= 15 is 0 Å². The maximum atomic E-state index is 10.7. The van der Waals surface area contributed by atoms with E-state index in [1.807, 2.05) is 36.4 Å². The predicted octanol–water partition coefficient (Wildman–Crippen LogP) is 3.37.